The molecule has 0 heterocycles. The lowest BCUT2D eigenvalue weighted by Crippen LogP contribution is -2.26. The summed E-state index contributed by atoms with van der Waals surface area (Å²) in [5, 5.41) is 9.92. The molecule has 1 aromatic carbocycles. The molecule has 3 N–H and O–H groups in total. The summed E-state index contributed by atoms with van der Waals surface area (Å²) in [6.45, 7) is 2.29. The highest BCUT2D eigenvalue weighted by molar-refractivity contribution is 5.17. The molecule has 0 saturated heterocycles. The van der Waals surface area contributed by atoms with E-state index in [-0.39, 0.29) is 0 Å². The first kappa shape index (κ1) is 12.2. The highest BCUT2D eigenvalue weighted by Gasteiger charge is 2.09. The van der Waals surface area contributed by atoms with Crippen LogP contribution in [0.2, 0.25) is 0 Å². The van der Waals surface area contributed by atoms with Gasteiger partial charge in [-0.2, -0.15) is 0 Å². The number of nitrogens with zero attached hydrogens (tertiary/aromatic N) is 1. The first-order valence-corrected chi connectivity index (χ1v) is 5.35. The van der Waals surface area contributed by atoms with E-state index in [2.05, 4.69) is 4.90 Å². The van der Waals surface area contributed by atoms with Crippen molar-refractivity contribution in [1.29, 1.82) is 0 Å². The van der Waals surface area contributed by atoms with Gasteiger partial charge in [0.15, 0.2) is 0 Å². The molecule has 0 amide bonds. The van der Waals surface area contributed by atoms with Crippen molar-refractivity contribution in [3.05, 3.63) is 35.9 Å². The lowest BCUT2D eigenvalue weighted by Gasteiger charge is -2.20. The van der Waals surface area contributed by atoms with E-state index in [9.17, 15) is 5.11 Å². The molecule has 1 unspecified atom stereocenters. The Morgan fingerprint density at radius 3 is 2.60 bits per heavy atom. The summed E-state index contributed by atoms with van der Waals surface area (Å²) in [4.78, 5) is 2.10. The number of benzene rings is 1. The first-order chi connectivity index (χ1) is 7.24. The van der Waals surface area contributed by atoms with Gasteiger partial charge in [-0.25, -0.2) is 0 Å². The molecule has 15 heavy (non-hydrogen) atoms. The topological polar surface area (TPSA) is 49.5 Å². The predicted octanol–water partition coefficient (Wildman–Crippen LogP) is 1.00. The van der Waals surface area contributed by atoms with Crippen LogP contribution in [-0.2, 0) is 0 Å². The zero-order valence-corrected chi connectivity index (χ0v) is 9.26. The molecule has 1 aromatic rings. The Balaban J connectivity index is 2.38. The summed E-state index contributed by atoms with van der Waals surface area (Å²) >= 11 is 0. The maximum atomic E-state index is 9.92. The van der Waals surface area contributed by atoms with E-state index in [1.807, 2.05) is 37.4 Å². The molecule has 0 spiro atoms. The second-order valence-corrected chi connectivity index (χ2v) is 3.83. The minimum atomic E-state index is -0.408. The van der Waals surface area contributed by atoms with Crippen molar-refractivity contribution < 1.29 is 5.11 Å². The molecular formula is C12H20N2O. The molecule has 0 aliphatic rings. The SMILES string of the molecule is CN(CCCN)CC(O)c1ccccc1. The summed E-state index contributed by atoms with van der Waals surface area (Å²) < 4.78 is 0. The van der Waals surface area contributed by atoms with Crippen LogP contribution in [0.3, 0.4) is 0 Å². The van der Waals surface area contributed by atoms with Crippen LogP contribution in [0.5, 0.6) is 0 Å². The Bertz CT molecular complexity index is 264. The highest BCUT2D eigenvalue weighted by atomic mass is 16.3. The van der Waals surface area contributed by atoms with Crippen LogP contribution in [-0.4, -0.2) is 36.7 Å². The fourth-order valence-corrected chi connectivity index (χ4v) is 1.53. The zero-order chi connectivity index (χ0) is 11.1. The van der Waals surface area contributed by atoms with Crippen LogP contribution in [0, 0.1) is 0 Å². The Morgan fingerprint density at radius 1 is 1.33 bits per heavy atom. The molecule has 0 saturated carbocycles. The fraction of sp³-hybridized carbons (Fsp3) is 0.500. The van der Waals surface area contributed by atoms with Gasteiger partial charge in [-0.15, -0.1) is 0 Å². The Kier molecular flexibility index (Phi) is 5.32. The second-order valence-electron chi connectivity index (χ2n) is 3.83. The van der Waals surface area contributed by atoms with Gasteiger partial charge in [-0.1, -0.05) is 30.3 Å². The van der Waals surface area contributed by atoms with Gasteiger partial charge in [-0.3, -0.25) is 0 Å². The average Bonchev–Trinajstić information content (AvgIpc) is 2.27. The molecule has 0 bridgehead atoms. The number of rotatable bonds is 6. The van der Waals surface area contributed by atoms with Gasteiger partial charge < -0.3 is 15.7 Å². The molecule has 3 heteroatoms. The third-order valence-corrected chi connectivity index (χ3v) is 2.41. The molecule has 1 atom stereocenters. The lowest BCUT2D eigenvalue weighted by atomic mass is 10.1. The van der Waals surface area contributed by atoms with Gasteiger partial charge in [0.2, 0.25) is 0 Å². The van der Waals surface area contributed by atoms with Gasteiger partial charge >= 0.3 is 0 Å². The zero-order valence-electron chi connectivity index (χ0n) is 9.26. The lowest BCUT2D eigenvalue weighted by molar-refractivity contribution is 0.126. The van der Waals surface area contributed by atoms with Gasteiger partial charge in [0.1, 0.15) is 0 Å². The smallest absolute Gasteiger partial charge is 0.0916 e. The second kappa shape index (κ2) is 6.56. The van der Waals surface area contributed by atoms with Gasteiger partial charge in [0, 0.05) is 6.54 Å². The average molecular weight is 208 g/mol. The van der Waals surface area contributed by atoms with Crippen molar-refractivity contribution in [3.63, 3.8) is 0 Å². The van der Waals surface area contributed by atoms with Crippen molar-refractivity contribution in [3.8, 4) is 0 Å². The van der Waals surface area contributed by atoms with E-state index in [1.165, 1.54) is 0 Å². The summed E-state index contributed by atoms with van der Waals surface area (Å²) in [5.74, 6) is 0. The number of aliphatic hydroxyl groups is 1. The van der Waals surface area contributed by atoms with Gasteiger partial charge in [0.05, 0.1) is 6.10 Å². The van der Waals surface area contributed by atoms with Crippen LogP contribution in [0.1, 0.15) is 18.1 Å². The van der Waals surface area contributed by atoms with E-state index in [0.717, 1.165) is 18.5 Å². The number of likely N-dealkylation sites (N-methyl/N-ethyl adjacent to an activating group) is 1. The first-order valence-electron chi connectivity index (χ1n) is 5.35. The Hall–Kier alpha value is -0.900. The van der Waals surface area contributed by atoms with Crippen molar-refractivity contribution in [2.24, 2.45) is 5.73 Å². The Morgan fingerprint density at radius 2 is 2.00 bits per heavy atom. The van der Waals surface area contributed by atoms with Crippen molar-refractivity contribution in [1.82, 2.24) is 4.90 Å². The standard InChI is InChI=1S/C12H20N2O/c1-14(9-5-8-13)10-12(15)11-6-3-2-4-7-11/h2-4,6-7,12,15H,5,8-10,13H2,1H3. The summed E-state index contributed by atoms with van der Waals surface area (Å²) in [6, 6.07) is 9.73. The highest BCUT2D eigenvalue weighted by Crippen LogP contribution is 2.12. The molecule has 0 aliphatic heterocycles. The minimum absolute atomic E-state index is 0.408. The third kappa shape index (κ3) is 4.42. The van der Waals surface area contributed by atoms with E-state index in [1.54, 1.807) is 0 Å². The van der Waals surface area contributed by atoms with E-state index < -0.39 is 6.10 Å². The normalized spacial score (nSPS) is 13.1. The van der Waals surface area contributed by atoms with Crippen LogP contribution in [0.4, 0.5) is 0 Å². The van der Waals surface area contributed by atoms with E-state index in [0.29, 0.717) is 13.1 Å². The quantitative estimate of drug-likeness (QED) is 0.733. The van der Waals surface area contributed by atoms with Gasteiger partial charge in [-0.05, 0) is 32.1 Å². The number of hydrogen-bond donors (Lipinski definition) is 2. The maximum absolute atomic E-state index is 9.92. The number of aliphatic hydroxyl groups excluding tert-OH is 1. The molecule has 0 aliphatic carbocycles. The predicted molar refractivity (Wildman–Crippen MR) is 62.6 cm³/mol. The minimum Gasteiger partial charge on any atom is -0.387 e. The van der Waals surface area contributed by atoms with Gasteiger partial charge in [0.25, 0.3) is 0 Å². The van der Waals surface area contributed by atoms with Crippen molar-refractivity contribution in [2.45, 2.75) is 12.5 Å². The maximum Gasteiger partial charge on any atom is 0.0916 e. The van der Waals surface area contributed by atoms with Crippen LogP contribution >= 0.6 is 0 Å². The summed E-state index contributed by atoms with van der Waals surface area (Å²) in [5.41, 5.74) is 6.40. The molecule has 3 nitrogen and oxygen atoms in total. The third-order valence-electron chi connectivity index (χ3n) is 2.41. The van der Waals surface area contributed by atoms with Crippen molar-refractivity contribution in [2.75, 3.05) is 26.7 Å². The largest absolute Gasteiger partial charge is 0.387 e. The molecule has 1 rings (SSSR count). The van der Waals surface area contributed by atoms with E-state index >= 15 is 0 Å². The fourth-order valence-electron chi connectivity index (χ4n) is 1.53. The van der Waals surface area contributed by atoms with E-state index in [4.69, 9.17) is 5.73 Å². The summed E-state index contributed by atoms with van der Waals surface area (Å²) in [7, 11) is 2.00. The molecular weight excluding hydrogens is 188 g/mol. The number of nitrogens with two attached hydrogens (primary N) is 1. The van der Waals surface area contributed by atoms with Crippen LogP contribution in [0.15, 0.2) is 30.3 Å². The summed E-state index contributed by atoms with van der Waals surface area (Å²) in [6.07, 6.45) is 0.562. The monoisotopic (exact) mass is 208 g/mol. The van der Waals surface area contributed by atoms with Crippen LogP contribution in [0.25, 0.3) is 0 Å². The molecule has 0 radical (unpaired) electrons. The molecule has 84 valence electrons. The van der Waals surface area contributed by atoms with Crippen LogP contribution < -0.4 is 5.73 Å². The molecule has 0 aromatic heterocycles. The number of hydrogen-bond acceptors (Lipinski definition) is 3. The Labute approximate surface area is 91.5 Å². The molecule has 0 fully saturated rings. The van der Waals surface area contributed by atoms with Crippen molar-refractivity contribution >= 4 is 0 Å².